The first kappa shape index (κ1) is 17.0. The van der Waals surface area contributed by atoms with Crippen LogP contribution in [-0.4, -0.2) is 39.1 Å². The zero-order valence-electron chi connectivity index (χ0n) is 13.2. The van der Waals surface area contributed by atoms with Gasteiger partial charge in [-0.25, -0.2) is 4.79 Å². The van der Waals surface area contributed by atoms with Crippen molar-refractivity contribution in [1.82, 2.24) is 20.1 Å². The van der Waals surface area contributed by atoms with E-state index >= 15 is 0 Å². The van der Waals surface area contributed by atoms with Gasteiger partial charge in [0, 0.05) is 5.69 Å². The van der Waals surface area contributed by atoms with E-state index in [1.54, 1.807) is 6.92 Å². The fourth-order valence-electron chi connectivity index (χ4n) is 1.95. The standard InChI is InChI=1S/C15H18N4O3S/c1-4-22-15(21)16-13(20)9-23-14-18-17-11(3)19(14)12-7-5-6-10(2)8-12/h5-8H,4,9H2,1-3H3,(H,16,20,21). The fraction of sp³-hybridized carbons (Fsp3) is 0.333. The summed E-state index contributed by atoms with van der Waals surface area (Å²) in [4.78, 5) is 22.9. The van der Waals surface area contributed by atoms with E-state index in [1.807, 2.05) is 42.7 Å². The zero-order valence-corrected chi connectivity index (χ0v) is 14.0. The van der Waals surface area contributed by atoms with E-state index in [1.165, 1.54) is 11.8 Å². The van der Waals surface area contributed by atoms with Gasteiger partial charge in [-0.1, -0.05) is 23.9 Å². The number of carbonyl (C=O) groups is 2. The quantitative estimate of drug-likeness (QED) is 0.844. The Balaban J connectivity index is 2.07. The van der Waals surface area contributed by atoms with E-state index < -0.39 is 12.0 Å². The third-order valence-corrected chi connectivity index (χ3v) is 3.83. The molecule has 0 aliphatic heterocycles. The molecule has 122 valence electrons. The molecule has 0 fully saturated rings. The zero-order chi connectivity index (χ0) is 16.8. The minimum Gasteiger partial charge on any atom is -0.450 e. The second kappa shape index (κ2) is 7.77. The SMILES string of the molecule is CCOC(=O)NC(=O)CSc1nnc(C)n1-c1cccc(C)c1. The number of ether oxygens (including phenoxy) is 1. The molecule has 0 radical (unpaired) electrons. The molecule has 1 heterocycles. The maximum Gasteiger partial charge on any atom is 0.413 e. The molecule has 2 amide bonds. The van der Waals surface area contributed by atoms with Crippen LogP contribution >= 0.6 is 11.8 Å². The number of imide groups is 1. The average molecular weight is 334 g/mol. The van der Waals surface area contributed by atoms with Gasteiger partial charge in [0.2, 0.25) is 5.91 Å². The second-order valence-electron chi connectivity index (χ2n) is 4.76. The van der Waals surface area contributed by atoms with Gasteiger partial charge in [-0.3, -0.25) is 14.7 Å². The summed E-state index contributed by atoms with van der Waals surface area (Å²) in [7, 11) is 0. The topological polar surface area (TPSA) is 86.1 Å². The molecule has 0 bridgehead atoms. The molecule has 1 aromatic heterocycles. The Morgan fingerprint density at radius 1 is 1.30 bits per heavy atom. The van der Waals surface area contributed by atoms with Crippen LogP contribution in [0.1, 0.15) is 18.3 Å². The summed E-state index contributed by atoms with van der Waals surface area (Å²) in [6.07, 6.45) is -0.741. The molecule has 0 aliphatic rings. The predicted molar refractivity (Wildman–Crippen MR) is 86.7 cm³/mol. The molecule has 0 unspecified atom stereocenters. The van der Waals surface area contributed by atoms with Crippen LogP contribution in [0.2, 0.25) is 0 Å². The molecule has 0 atom stereocenters. The molecule has 8 heteroatoms. The number of nitrogens with zero attached hydrogens (tertiary/aromatic N) is 3. The molecule has 7 nitrogen and oxygen atoms in total. The van der Waals surface area contributed by atoms with Crippen molar-refractivity contribution in [2.24, 2.45) is 0 Å². The lowest BCUT2D eigenvalue weighted by Crippen LogP contribution is -2.32. The van der Waals surface area contributed by atoms with E-state index in [0.29, 0.717) is 5.16 Å². The van der Waals surface area contributed by atoms with Gasteiger partial charge in [0.15, 0.2) is 5.16 Å². The van der Waals surface area contributed by atoms with Crippen LogP contribution in [0.5, 0.6) is 0 Å². The van der Waals surface area contributed by atoms with Crippen LogP contribution in [0.15, 0.2) is 29.4 Å². The van der Waals surface area contributed by atoms with Gasteiger partial charge in [0.25, 0.3) is 0 Å². The number of aromatic nitrogens is 3. The molecule has 1 aromatic carbocycles. The largest absolute Gasteiger partial charge is 0.450 e. The molecule has 0 saturated heterocycles. The van der Waals surface area contributed by atoms with E-state index in [2.05, 4.69) is 20.3 Å². The van der Waals surface area contributed by atoms with Crippen molar-refractivity contribution < 1.29 is 14.3 Å². The number of alkyl carbamates (subject to hydrolysis) is 1. The molecule has 2 aromatic rings. The van der Waals surface area contributed by atoms with Gasteiger partial charge in [0.05, 0.1) is 12.4 Å². The third-order valence-electron chi connectivity index (χ3n) is 2.90. The summed E-state index contributed by atoms with van der Waals surface area (Å²) in [5, 5.41) is 10.9. The number of thioether (sulfide) groups is 1. The fourth-order valence-corrected chi connectivity index (χ4v) is 2.75. The van der Waals surface area contributed by atoms with Gasteiger partial charge in [-0.05, 0) is 38.5 Å². The predicted octanol–water partition coefficient (Wildman–Crippen LogP) is 2.25. The minimum atomic E-state index is -0.741. The monoisotopic (exact) mass is 334 g/mol. The van der Waals surface area contributed by atoms with Crippen LogP contribution in [0.25, 0.3) is 5.69 Å². The highest BCUT2D eigenvalue weighted by Crippen LogP contribution is 2.22. The first-order chi connectivity index (χ1) is 11.0. The molecular weight excluding hydrogens is 316 g/mol. The summed E-state index contributed by atoms with van der Waals surface area (Å²) < 4.78 is 6.53. The summed E-state index contributed by atoms with van der Waals surface area (Å²) in [6, 6.07) is 7.92. The van der Waals surface area contributed by atoms with Gasteiger partial charge in [0.1, 0.15) is 5.82 Å². The molecule has 23 heavy (non-hydrogen) atoms. The van der Waals surface area contributed by atoms with Crippen LogP contribution in [0, 0.1) is 13.8 Å². The highest BCUT2D eigenvalue weighted by molar-refractivity contribution is 7.99. The number of aryl methyl sites for hydroxylation is 2. The number of hydrogen-bond donors (Lipinski definition) is 1. The van der Waals surface area contributed by atoms with Crippen molar-refractivity contribution in [3.63, 3.8) is 0 Å². The first-order valence-electron chi connectivity index (χ1n) is 7.09. The van der Waals surface area contributed by atoms with Crippen LogP contribution in [-0.2, 0) is 9.53 Å². The summed E-state index contributed by atoms with van der Waals surface area (Å²) in [5.41, 5.74) is 2.05. The lowest BCUT2D eigenvalue weighted by Gasteiger charge is -2.09. The minimum absolute atomic E-state index is 0.0444. The molecule has 0 spiro atoms. The number of hydrogen-bond acceptors (Lipinski definition) is 6. The van der Waals surface area contributed by atoms with E-state index in [-0.39, 0.29) is 12.4 Å². The number of carbonyl (C=O) groups excluding carboxylic acids is 2. The number of nitrogens with one attached hydrogen (secondary N) is 1. The molecule has 1 N–H and O–H groups in total. The number of benzene rings is 1. The number of amides is 2. The van der Waals surface area contributed by atoms with Crippen molar-refractivity contribution in [2.45, 2.75) is 25.9 Å². The Hall–Kier alpha value is -2.35. The van der Waals surface area contributed by atoms with Crippen LogP contribution < -0.4 is 5.32 Å². The second-order valence-corrected chi connectivity index (χ2v) is 5.70. The highest BCUT2D eigenvalue weighted by Gasteiger charge is 2.15. The summed E-state index contributed by atoms with van der Waals surface area (Å²) in [6.45, 7) is 5.74. The maximum absolute atomic E-state index is 11.7. The highest BCUT2D eigenvalue weighted by atomic mass is 32.2. The van der Waals surface area contributed by atoms with Gasteiger partial charge in [-0.15, -0.1) is 10.2 Å². The lowest BCUT2D eigenvalue weighted by molar-refractivity contribution is -0.117. The van der Waals surface area contributed by atoms with Crippen molar-refractivity contribution in [3.05, 3.63) is 35.7 Å². The van der Waals surface area contributed by atoms with Gasteiger partial charge >= 0.3 is 6.09 Å². The average Bonchev–Trinajstić information content (AvgIpc) is 2.86. The first-order valence-corrected chi connectivity index (χ1v) is 8.08. The van der Waals surface area contributed by atoms with E-state index in [0.717, 1.165) is 17.1 Å². The number of rotatable bonds is 5. The Kier molecular flexibility index (Phi) is 5.75. The van der Waals surface area contributed by atoms with Gasteiger partial charge < -0.3 is 4.74 Å². The Bertz CT molecular complexity index is 714. The maximum atomic E-state index is 11.7. The lowest BCUT2D eigenvalue weighted by atomic mass is 10.2. The van der Waals surface area contributed by atoms with Crippen molar-refractivity contribution >= 4 is 23.8 Å². The van der Waals surface area contributed by atoms with Crippen molar-refractivity contribution in [2.75, 3.05) is 12.4 Å². The van der Waals surface area contributed by atoms with E-state index in [9.17, 15) is 9.59 Å². The Morgan fingerprint density at radius 2 is 2.09 bits per heavy atom. The third kappa shape index (κ3) is 4.56. The summed E-state index contributed by atoms with van der Waals surface area (Å²) in [5.74, 6) is 0.330. The molecular formula is C15H18N4O3S. The van der Waals surface area contributed by atoms with E-state index in [4.69, 9.17) is 0 Å². The summed E-state index contributed by atoms with van der Waals surface area (Å²) >= 11 is 1.21. The van der Waals surface area contributed by atoms with Crippen LogP contribution in [0.4, 0.5) is 4.79 Å². The van der Waals surface area contributed by atoms with Gasteiger partial charge in [-0.2, -0.15) is 0 Å². The molecule has 2 rings (SSSR count). The smallest absolute Gasteiger partial charge is 0.413 e. The normalized spacial score (nSPS) is 10.4. The Morgan fingerprint density at radius 3 is 2.78 bits per heavy atom. The van der Waals surface area contributed by atoms with Crippen molar-refractivity contribution in [1.29, 1.82) is 0 Å². The van der Waals surface area contributed by atoms with Crippen LogP contribution in [0.3, 0.4) is 0 Å². The molecule has 0 aliphatic carbocycles. The Labute approximate surface area is 138 Å². The molecule has 0 saturated carbocycles. The van der Waals surface area contributed by atoms with Crippen molar-refractivity contribution in [3.8, 4) is 5.69 Å².